The first kappa shape index (κ1) is 18.8. The molecular formula is C21H22N2O4S. The maximum Gasteiger partial charge on any atom is 0.243 e. The molecule has 2 aliphatic rings. The number of amides is 1. The SMILES string of the molecule is Cc1ccc(C)c(C(=O)C2CCCN2S(=O)(=O)c2ccc3c(c2)CC(=O)N3)c1. The molecule has 4 rings (SSSR count). The van der Waals surface area contributed by atoms with E-state index < -0.39 is 16.1 Å². The summed E-state index contributed by atoms with van der Waals surface area (Å²) in [6.45, 7) is 4.10. The quantitative estimate of drug-likeness (QED) is 0.803. The van der Waals surface area contributed by atoms with E-state index in [1.165, 1.54) is 10.4 Å². The Morgan fingerprint density at radius 2 is 1.93 bits per heavy atom. The molecule has 1 fully saturated rings. The third-order valence-electron chi connectivity index (χ3n) is 5.47. The molecule has 0 bridgehead atoms. The number of rotatable bonds is 4. The topological polar surface area (TPSA) is 83.6 Å². The maximum atomic E-state index is 13.3. The van der Waals surface area contributed by atoms with Crippen LogP contribution in [0, 0.1) is 13.8 Å². The first-order valence-corrected chi connectivity index (χ1v) is 10.8. The molecule has 28 heavy (non-hydrogen) atoms. The molecule has 0 aliphatic carbocycles. The van der Waals surface area contributed by atoms with Crippen LogP contribution in [0.3, 0.4) is 0 Å². The number of nitrogens with one attached hydrogen (secondary N) is 1. The summed E-state index contributed by atoms with van der Waals surface area (Å²) in [6, 6.07) is 9.62. The van der Waals surface area contributed by atoms with Gasteiger partial charge in [0, 0.05) is 17.8 Å². The molecule has 2 aliphatic heterocycles. The van der Waals surface area contributed by atoms with Crippen molar-refractivity contribution >= 4 is 27.4 Å². The molecule has 0 spiro atoms. The summed E-state index contributed by atoms with van der Waals surface area (Å²) < 4.78 is 27.9. The zero-order valence-electron chi connectivity index (χ0n) is 15.9. The molecule has 1 unspecified atom stereocenters. The lowest BCUT2D eigenvalue weighted by molar-refractivity contribution is -0.115. The summed E-state index contributed by atoms with van der Waals surface area (Å²) in [5, 5.41) is 2.70. The fourth-order valence-corrected chi connectivity index (χ4v) is 5.68. The Labute approximate surface area is 164 Å². The van der Waals surface area contributed by atoms with Gasteiger partial charge in [-0.2, -0.15) is 4.31 Å². The van der Waals surface area contributed by atoms with Gasteiger partial charge in [0.1, 0.15) is 0 Å². The van der Waals surface area contributed by atoms with Crippen LogP contribution in [0.1, 0.15) is 39.9 Å². The van der Waals surface area contributed by atoms with Crippen molar-refractivity contribution in [2.24, 2.45) is 0 Å². The number of ketones is 1. The standard InChI is InChI=1S/C21H22N2O4S/c1-13-5-6-14(2)17(10-13)21(25)19-4-3-9-23(19)28(26,27)16-7-8-18-15(11-16)12-20(24)22-18/h5-8,10-11,19H,3-4,9,12H2,1-2H3,(H,22,24). The molecule has 2 heterocycles. The van der Waals surface area contributed by atoms with E-state index in [0.29, 0.717) is 36.2 Å². The van der Waals surface area contributed by atoms with Crippen molar-refractivity contribution in [2.75, 3.05) is 11.9 Å². The number of Topliss-reactive ketones (excluding diaryl/α,β-unsaturated/α-hetero) is 1. The third kappa shape index (κ3) is 3.14. The molecule has 1 saturated heterocycles. The molecule has 7 heteroatoms. The van der Waals surface area contributed by atoms with Crippen LogP contribution in [0.15, 0.2) is 41.3 Å². The maximum absolute atomic E-state index is 13.3. The molecule has 146 valence electrons. The number of carbonyl (C=O) groups excluding carboxylic acids is 2. The van der Waals surface area contributed by atoms with Gasteiger partial charge in [-0.15, -0.1) is 0 Å². The van der Waals surface area contributed by atoms with Crippen molar-refractivity contribution in [3.8, 4) is 0 Å². The minimum Gasteiger partial charge on any atom is -0.326 e. The van der Waals surface area contributed by atoms with Crippen LogP contribution in [0.2, 0.25) is 0 Å². The predicted octanol–water partition coefficient (Wildman–Crippen LogP) is 2.83. The average Bonchev–Trinajstić information content (AvgIpc) is 3.28. The van der Waals surface area contributed by atoms with Crippen LogP contribution in [0.25, 0.3) is 0 Å². The lowest BCUT2D eigenvalue weighted by Gasteiger charge is -2.24. The van der Waals surface area contributed by atoms with Crippen molar-refractivity contribution in [1.29, 1.82) is 0 Å². The summed E-state index contributed by atoms with van der Waals surface area (Å²) in [4.78, 5) is 24.9. The van der Waals surface area contributed by atoms with Crippen molar-refractivity contribution in [1.82, 2.24) is 4.31 Å². The lowest BCUT2D eigenvalue weighted by atomic mass is 9.97. The zero-order valence-corrected chi connectivity index (χ0v) is 16.7. The van der Waals surface area contributed by atoms with Crippen LogP contribution >= 0.6 is 0 Å². The second kappa shape index (κ2) is 6.83. The van der Waals surface area contributed by atoms with Gasteiger partial charge in [0.05, 0.1) is 17.4 Å². The van der Waals surface area contributed by atoms with Crippen molar-refractivity contribution < 1.29 is 18.0 Å². The van der Waals surface area contributed by atoms with Gasteiger partial charge >= 0.3 is 0 Å². The Morgan fingerprint density at radius 3 is 2.71 bits per heavy atom. The number of nitrogens with zero attached hydrogens (tertiary/aromatic N) is 1. The van der Waals surface area contributed by atoms with Crippen LogP contribution in [0.5, 0.6) is 0 Å². The highest BCUT2D eigenvalue weighted by Gasteiger charge is 2.40. The summed E-state index contributed by atoms with van der Waals surface area (Å²) in [7, 11) is -3.83. The largest absolute Gasteiger partial charge is 0.326 e. The van der Waals surface area contributed by atoms with Crippen LogP contribution in [0.4, 0.5) is 5.69 Å². The van der Waals surface area contributed by atoms with Gasteiger partial charge in [-0.25, -0.2) is 8.42 Å². The number of sulfonamides is 1. The lowest BCUT2D eigenvalue weighted by Crippen LogP contribution is -2.40. The fourth-order valence-electron chi connectivity index (χ4n) is 3.97. The average molecular weight is 398 g/mol. The number of carbonyl (C=O) groups is 2. The number of hydrogen-bond acceptors (Lipinski definition) is 4. The first-order valence-electron chi connectivity index (χ1n) is 9.33. The second-order valence-corrected chi connectivity index (χ2v) is 9.39. The zero-order chi connectivity index (χ0) is 20.1. The highest BCUT2D eigenvalue weighted by Crippen LogP contribution is 2.32. The molecule has 0 aromatic heterocycles. The summed E-state index contributed by atoms with van der Waals surface area (Å²) in [5.41, 5.74) is 3.71. The first-order chi connectivity index (χ1) is 13.3. The van der Waals surface area contributed by atoms with E-state index >= 15 is 0 Å². The van der Waals surface area contributed by atoms with E-state index in [1.54, 1.807) is 12.1 Å². The van der Waals surface area contributed by atoms with Gasteiger partial charge in [-0.1, -0.05) is 17.7 Å². The Hall–Kier alpha value is -2.51. The number of benzene rings is 2. The number of fused-ring (bicyclic) bond motifs is 1. The van der Waals surface area contributed by atoms with Gasteiger partial charge in [-0.05, 0) is 62.1 Å². The van der Waals surface area contributed by atoms with E-state index in [4.69, 9.17) is 0 Å². The molecular weight excluding hydrogens is 376 g/mol. The fraction of sp³-hybridized carbons (Fsp3) is 0.333. The van der Waals surface area contributed by atoms with E-state index in [1.807, 2.05) is 32.0 Å². The van der Waals surface area contributed by atoms with Crippen LogP contribution in [-0.2, 0) is 21.2 Å². The van der Waals surface area contributed by atoms with E-state index in [-0.39, 0.29) is 23.0 Å². The number of hydrogen-bond donors (Lipinski definition) is 1. The molecule has 1 N–H and O–H groups in total. The van der Waals surface area contributed by atoms with Crippen molar-refractivity contribution in [2.45, 2.75) is 44.0 Å². The molecule has 0 radical (unpaired) electrons. The Balaban J connectivity index is 1.68. The Kier molecular flexibility index (Phi) is 4.59. The highest BCUT2D eigenvalue weighted by atomic mass is 32.2. The van der Waals surface area contributed by atoms with Crippen molar-refractivity contribution in [3.63, 3.8) is 0 Å². The highest BCUT2D eigenvalue weighted by molar-refractivity contribution is 7.89. The smallest absolute Gasteiger partial charge is 0.243 e. The minimum absolute atomic E-state index is 0.128. The normalized spacial score (nSPS) is 19.5. The summed E-state index contributed by atoms with van der Waals surface area (Å²) in [5.74, 6) is -0.297. The molecule has 1 amide bonds. The molecule has 2 aromatic carbocycles. The minimum atomic E-state index is -3.83. The van der Waals surface area contributed by atoms with Crippen LogP contribution < -0.4 is 5.32 Å². The monoisotopic (exact) mass is 398 g/mol. The van der Waals surface area contributed by atoms with Gasteiger partial charge in [0.25, 0.3) is 0 Å². The summed E-state index contributed by atoms with van der Waals surface area (Å²) >= 11 is 0. The van der Waals surface area contributed by atoms with Gasteiger partial charge in [0.2, 0.25) is 15.9 Å². The number of anilines is 1. The second-order valence-electron chi connectivity index (χ2n) is 7.50. The van der Waals surface area contributed by atoms with Gasteiger partial charge in [-0.3, -0.25) is 9.59 Å². The van der Waals surface area contributed by atoms with E-state index in [9.17, 15) is 18.0 Å². The molecule has 0 saturated carbocycles. The van der Waals surface area contributed by atoms with Crippen LogP contribution in [-0.4, -0.2) is 37.0 Å². The Bertz CT molecular complexity index is 1090. The Morgan fingerprint density at radius 1 is 1.14 bits per heavy atom. The molecule has 6 nitrogen and oxygen atoms in total. The summed E-state index contributed by atoms with van der Waals surface area (Å²) in [6.07, 6.45) is 1.32. The van der Waals surface area contributed by atoms with Crippen molar-refractivity contribution in [3.05, 3.63) is 58.7 Å². The van der Waals surface area contributed by atoms with Gasteiger partial charge in [0.15, 0.2) is 5.78 Å². The third-order valence-corrected chi connectivity index (χ3v) is 7.38. The van der Waals surface area contributed by atoms with E-state index in [0.717, 1.165) is 11.1 Å². The molecule has 1 atom stereocenters. The predicted molar refractivity (Wildman–Crippen MR) is 106 cm³/mol. The van der Waals surface area contributed by atoms with E-state index in [2.05, 4.69) is 5.32 Å². The van der Waals surface area contributed by atoms with Gasteiger partial charge < -0.3 is 5.32 Å². The molecule has 2 aromatic rings. The number of aryl methyl sites for hydroxylation is 2.